The Morgan fingerprint density at radius 2 is 1.91 bits per heavy atom. The van der Waals surface area contributed by atoms with Crippen LogP contribution in [0.4, 0.5) is 5.82 Å². The van der Waals surface area contributed by atoms with Gasteiger partial charge in [-0.05, 0) is 37.1 Å². The SMILES string of the molecule is Cc1nnc(N(C)Cc2ccc3c(c2)OCCO3)c(C#N)c1C. The van der Waals surface area contributed by atoms with Gasteiger partial charge in [0.1, 0.15) is 24.8 Å². The van der Waals surface area contributed by atoms with Crippen molar-refractivity contribution in [2.24, 2.45) is 0 Å². The maximum Gasteiger partial charge on any atom is 0.169 e. The molecule has 0 aliphatic carbocycles. The molecule has 3 rings (SSSR count). The number of aromatic nitrogens is 2. The fraction of sp³-hybridized carbons (Fsp3) is 0.353. The number of fused-ring (bicyclic) bond motifs is 1. The van der Waals surface area contributed by atoms with E-state index in [1.54, 1.807) is 0 Å². The lowest BCUT2D eigenvalue weighted by Crippen LogP contribution is -2.21. The van der Waals surface area contributed by atoms with Gasteiger partial charge in [0.2, 0.25) is 0 Å². The highest BCUT2D eigenvalue weighted by Gasteiger charge is 2.16. The Hall–Kier alpha value is -2.81. The van der Waals surface area contributed by atoms with Crippen molar-refractivity contribution in [3.63, 3.8) is 0 Å². The lowest BCUT2D eigenvalue weighted by molar-refractivity contribution is 0.171. The highest BCUT2D eigenvalue weighted by molar-refractivity contribution is 5.57. The summed E-state index contributed by atoms with van der Waals surface area (Å²) >= 11 is 0. The van der Waals surface area contributed by atoms with Gasteiger partial charge >= 0.3 is 0 Å². The van der Waals surface area contributed by atoms with Crippen molar-refractivity contribution in [2.75, 3.05) is 25.2 Å². The minimum absolute atomic E-state index is 0.563. The summed E-state index contributed by atoms with van der Waals surface area (Å²) in [6, 6.07) is 8.10. The molecule has 0 N–H and O–H groups in total. The fourth-order valence-electron chi connectivity index (χ4n) is 2.53. The summed E-state index contributed by atoms with van der Waals surface area (Å²) < 4.78 is 11.1. The van der Waals surface area contributed by atoms with Gasteiger partial charge in [0.05, 0.1) is 5.69 Å². The Bertz CT molecular complexity index is 783. The normalized spacial score (nSPS) is 12.6. The highest BCUT2D eigenvalue weighted by Crippen LogP contribution is 2.31. The summed E-state index contributed by atoms with van der Waals surface area (Å²) in [5.74, 6) is 2.12. The van der Waals surface area contributed by atoms with Crippen molar-refractivity contribution in [1.29, 1.82) is 5.26 Å². The van der Waals surface area contributed by atoms with Crippen LogP contribution in [-0.4, -0.2) is 30.5 Å². The van der Waals surface area contributed by atoms with Crippen molar-refractivity contribution in [1.82, 2.24) is 10.2 Å². The van der Waals surface area contributed by atoms with E-state index in [1.807, 2.05) is 44.0 Å². The third-order valence-electron chi connectivity index (χ3n) is 3.94. The van der Waals surface area contributed by atoms with Gasteiger partial charge < -0.3 is 14.4 Å². The van der Waals surface area contributed by atoms with E-state index in [1.165, 1.54) is 0 Å². The topological polar surface area (TPSA) is 71.3 Å². The number of aryl methyl sites for hydroxylation is 1. The first-order valence-electron chi connectivity index (χ1n) is 7.44. The van der Waals surface area contributed by atoms with Crippen LogP contribution in [0, 0.1) is 25.2 Å². The number of rotatable bonds is 3. The zero-order valence-electron chi connectivity index (χ0n) is 13.5. The molecule has 23 heavy (non-hydrogen) atoms. The Kier molecular flexibility index (Phi) is 4.02. The molecule has 0 atom stereocenters. The number of benzene rings is 1. The van der Waals surface area contributed by atoms with Crippen LogP contribution in [0.1, 0.15) is 22.4 Å². The Morgan fingerprint density at radius 1 is 1.17 bits per heavy atom. The molecule has 6 heteroatoms. The van der Waals surface area contributed by atoms with Crippen molar-refractivity contribution in [2.45, 2.75) is 20.4 Å². The molecule has 6 nitrogen and oxygen atoms in total. The monoisotopic (exact) mass is 310 g/mol. The molecule has 0 spiro atoms. The lowest BCUT2D eigenvalue weighted by Gasteiger charge is -2.22. The summed E-state index contributed by atoms with van der Waals surface area (Å²) in [4.78, 5) is 1.92. The summed E-state index contributed by atoms with van der Waals surface area (Å²) in [5.41, 5.74) is 3.27. The van der Waals surface area contributed by atoms with E-state index in [0.29, 0.717) is 31.1 Å². The number of nitrogens with zero attached hydrogens (tertiary/aromatic N) is 4. The van der Waals surface area contributed by atoms with Crippen LogP contribution in [0.15, 0.2) is 18.2 Å². The molecule has 0 fully saturated rings. The minimum atomic E-state index is 0.563. The molecule has 1 aliphatic heterocycles. The van der Waals surface area contributed by atoms with E-state index in [0.717, 1.165) is 28.3 Å². The van der Waals surface area contributed by atoms with Gasteiger partial charge in [0.25, 0.3) is 0 Å². The third kappa shape index (κ3) is 2.90. The predicted molar refractivity (Wildman–Crippen MR) is 85.8 cm³/mol. The number of anilines is 1. The number of hydrogen-bond acceptors (Lipinski definition) is 6. The largest absolute Gasteiger partial charge is 0.486 e. The average molecular weight is 310 g/mol. The van der Waals surface area contributed by atoms with E-state index >= 15 is 0 Å². The second kappa shape index (κ2) is 6.13. The Balaban J connectivity index is 1.86. The molecule has 0 unspecified atom stereocenters. The first-order chi connectivity index (χ1) is 11.1. The number of hydrogen-bond donors (Lipinski definition) is 0. The first-order valence-corrected chi connectivity index (χ1v) is 7.44. The molecule has 1 aliphatic rings. The second-order valence-electron chi connectivity index (χ2n) is 5.55. The highest BCUT2D eigenvalue weighted by atomic mass is 16.6. The molecular formula is C17H18N4O2. The van der Waals surface area contributed by atoms with Gasteiger partial charge in [-0.15, -0.1) is 5.10 Å². The summed E-state index contributed by atoms with van der Waals surface area (Å²) in [6.07, 6.45) is 0. The van der Waals surface area contributed by atoms with Gasteiger partial charge in [0.15, 0.2) is 17.3 Å². The maximum absolute atomic E-state index is 9.42. The van der Waals surface area contributed by atoms with Crippen LogP contribution in [0.5, 0.6) is 11.5 Å². The molecule has 0 saturated heterocycles. The second-order valence-corrected chi connectivity index (χ2v) is 5.55. The van der Waals surface area contributed by atoms with E-state index in [-0.39, 0.29) is 0 Å². The molecule has 1 aromatic heterocycles. The zero-order chi connectivity index (χ0) is 16.4. The van der Waals surface area contributed by atoms with Crippen molar-refractivity contribution in [3.05, 3.63) is 40.6 Å². The van der Waals surface area contributed by atoms with Crippen LogP contribution >= 0.6 is 0 Å². The van der Waals surface area contributed by atoms with Crippen LogP contribution in [0.2, 0.25) is 0 Å². The summed E-state index contributed by atoms with van der Waals surface area (Å²) in [6.45, 7) is 5.49. The van der Waals surface area contributed by atoms with Gasteiger partial charge in [-0.2, -0.15) is 10.4 Å². The molecule has 0 radical (unpaired) electrons. The predicted octanol–water partition coefficient (Wildman–Crippen LogP) is 2.37. The van der Waals surface area contributed by atoms with Crippen molar-refractivity contribution < 1.29 is 9.47 Å². The fourth-order valence-corrected chi connectivity index (χ4v) is 2.53. The van der Waals surface area contributed by atoms with Crippen molar-refractivity contribution in [3.8, 4) is 17.6 Å². The number of nitriles is 1. The zero-order valence-corrected chi connectivity index (χ0v) is 13.5. The smallest absolute Gasteiger partial charge is 0.169 e. The molecule has 1 aromatic carbocycles. The van der Waals surface area contributed by atoms with Gasteiger partial charge in [-0.25, -0.2) is 0 Å². The van der Waals surface area contributed by atoms with Gasteiger partial charge in [-0.3, -0.25) is 0 Å². The van der Waals surface area contributed by atoms with Gasteiger partial charge in [0, 0.05) is 13.6 Å². The molecule has 0 bridgehead atoms. The average Bonchev–Trinajstić information content (AvgIpc) is 2.57. The quantitative estimate of drug-likeness (QED) is 0.867. The van der Waals surface area contributed by atoms with E-state index < -0.39 is 0 Å². The maximum atomic E-state index is 9.42. The summed E-state index contributed by atoms with van der Waals surface area (Å²) in [7, 11) is 1.90. The van der Waals surface area contributed by atoms with Crippen LogP contribution in [0.25, 0.3) is 0 Å². The van der Waals surface area contributed by atoms with Crippen LogP contribution in [0.3, 0.4) is 0 Å². The molecule has 0 amide bonds. The number of ether oxygens (including phenoxy) is 2. The Morgan fingerprint density at radius 3 is 2.65 bits per heavy atom. The molecular weight excluding hydrogens is 292 g/mol. The van der Waals surface area contributed by atoms with Crippen LogP contribution in [-0.2, 0) is 6.54 Å². The summed E-state index contributed by atoms with van der Waals surface area (Å²) in [5, 5.41) is 17.7. The third-order valence-corrected chi connectivity index (χ3v) is 3.94. The minimum Gasteiger partial charge on any atom is -0.486 e. The Labute approximate surface area is 135 Å². The van der Waals surface area contributed by atoms with Gasteiger partial charge in [-0.1, -0.05) is 6.07 Å². The lowest BCUT2D eigenvalue weighted by atomic mass is 10.1. The molecule has 2 aromatic rings. The molecule has 118 valence electrons. The first kappa shape index (κ1) is 15.1. The van der Waals surface area contributed by atoms with Crippen LogP contribution < -0.4 is 14.4 Å². The van der Waals surface area contributed by atoms with E-state index in [9.17, 15) is 5.26 Å². The molecule has 2 heterocycles. The van der Waals surface area contributed by atoms with E-state index in [4.69, 9.17) is 9.47 Å². The van der Waals surface area contributed by atoms with E-state index in [2.05, 4.69) is 16.3 Å². The molecule has 0 saturated carbocycles. The standard InChI is InChI=1S/C17H18N4O2/c1-11-12(2)19-20-17(14(11)9-18)21(3)10-13-4-5-15-16(8-13)23-7-6-22-15/h4-5,8H,6-7,10H2,1-3H3. The van der Waals surface area contributed by atoms with Crippen molar-refractivity contribution >= 4 is 5.82 Å².